The van der Waals surface area contributed by atoms with Crippen molar-refractivity contribution >= 4 is 28.9 Å². The number of carbonyl (C=O) groups excluding carboxylic acids is 2. The lowest BCUT2D eigenvalue weighted by molar-refractivity contribution is -0.116. The van der Waals surface area contributed by atoms with Crippen molar-refractivity contribution in [3.05, 3.63) is 65.9 Å². The summed E-state index contributed by atoms with van der Waals surface area (Å²) in [6.45, 7) is 5.51. The molecule has 0 bridgehead atoms. The Kier molecular flexibility index (Phi) is 6.34. The van der Waals surface area contributed by atoms with Gasteiger partial charge >= 0.3 is 0 Å². The second-order valence-electron chi connectivity index (χ2n) is 6.37. The number of nitrogens with zero attached hydrogens (tertiary/aromatic N) is 2. The molecule has 0 aliphatic carbocycles. The zero-order valence-corrected chi connectivity index (χ0v) is 15.6. The highest BCUT2D eigenvalue weighted by Crippen LogP contribution is 2.20. The van der Waals surface area contributed by atoms with Crippen LogP contribution in [-0.4, -0.2) is 11.8 Å². The molecular formula is C21H22N4O2. The lowest BCUT2D eigenvalue weighted by atomic mass is 10.0. The van der Waals surface area contributed by atoms with E-state index < -0.39 is 5.91 Å². The van der Waals surface area contributed by atoms with Gasteiger partial charge in [-0.1, -0.05) is 26.0 Å². The van der Waals surface area contributed by atoms with Crippen molar-refractivity contribution in [1.82, 2.24) is 0 Å². The Morgan fingerprint density at radius 3 is 2.19 bits per heavy atom. The highest BCUT2D eigenvalue weighted by molar-refractivity contribution is 6.08. The van der Waals surface area contributed by atoms with Gasteiger partial charge in [-0.05, 0) is 47.9 Å². The lowest BCUT2D eigenvalue weighted by Gasteiger charge is -2.17. The van der Waals surface area contributed by atoms with Crippen LogP contribution in [0.25, 0.3) is 0 Å². The Labute approximate surface area is 158 Å². The second kappa shape index (κ2) is 8.68. The van der Waals surface area contributed by atoms with Crippen molar-refractivity contribution in [3.63, 3.8) is 0 Å². The molecule has 0 fully saturated rings. The molecule has 2 rings (SSSR count). The van der Waals surface area contributed by atoms with Crippen LogP contribution < -0.4 is 16.0 Å². The molecule has 6 nitrogen and oxygen atoms in total. The summed E-state index contributed by atoms with van der Waals surface area (Å²) in [5, 5.41) is 12.1. The quantitative estimate of drug-likeness (QED) is 0.480. The van der Waals surface area contributed by atoms with E-state index in [4.69, 9.17) is 5.73 Å². The molecule has 0 atom stereocenters. The van der Waals surface area contributed by atoms with Crippen LogP contribution in [0.3, 0.4) is 0 Å². The van der Waals surface area contributed by atoms with Crippen molar-refractivity contribution in [2.24, 2.45) is 0 Å². The number of rotatable bonds is 5. The smallest absolute Gasteiger partial charge is 0.267 e. The third kappa shape index (κ3) is 5.19. The van der Waals surface area contributed by atoms with Gasteiger partial charge in [-0.25, -0.2) is 0 Å². The van der Waals surface area contributed by atoms with Crippen LogP contribution in [-0.2, 0) is 9.59 Å². The van der Waals surface area contributed by atoms with Crippen molar-refractivity contribution in [2.75, 3.05) is 16.0 Å². The third-order valence-corrected chi connectivity index (χ3v) is 3.97. The number of hydrogen-bond donors (Lipinski definition) is 2. The van der Waals surface area contributed by atoms with Gasteiger partial charge in [0.25, 0.3) is 5.91 Å². The van der Waals surface area contributed by atoms with Gasteiger partial charge in [0.05, 0.1) is 0 Å². The fraction of sp³-hybridized carbons (Fsp3) is 0.190. The summed E-state index contributed by atoms with van der Waals surface area (Å²) in [4.78, 5) is 25.7. The minimum atomic E-state index is -0.587. The fourth-order valence-electron chi connectivity index (χ4n) is 2.40. The Morgan fingerprint density at radius 2 is 1.70 bits per heavy atom. The molecule has 0 unspecified atom stereocenters. The molecule has 2 amide bonds. The van der Waals surface area contributed by atoms with Crippen molar-refractivity contribution in [1.29, 1.82) is 5.26 Å². The number of nitriles is 1. The van der Waals surface area contributed by atoms with Gasteiger partial charge in [0, 0.05) is 30.2 Å². The molecule has 0 saturated carbocycles. The number of hydrogen-bond acceptors (Lipinski definition) is 4. The first-order valence-electron chi connectivity index (χ1n) is 8.50. The number of anilines is 3. The molecular weight excluding hydrogens is 340 g/mol. The second-order valence-corrected chi connectivity index (χ2v) is 6.37. The van der Waals surface area contributed by atoms with E-state index in [0.29, 0.717) is 23.0 Å². The van der Waals surface area contributed by atoms with Crippen LogP contribution in [0, 0.1) is 11.3 Å². The summed E-state index contributed by atoms with van der Waals surface area (Å²) in [5.41, 5.74) is 8.26. The van der Waals surface area contributed by atoms with Crippen molar-refractivity contribution in [2.45, 2.75) is 26.7 Å². The van der Waals surface area contributed by atoms with Crippen LogP contribution in [0.5, 0.6) is 0 Å². The molecule has 138 valence electrons. The summed E-state index contributed by atoms with van der Waals surface area (Å²) in [5.74, 6) is -0.536. The van der Waals surface area contributed by atoms with Gasteiger partial charge in [0.1, 0.15) is 11.6 Å². The van der Waals surface area contributed by atoms with Crippen LogP contribution in [0.2, 0.25) is 0 Å². The van der Waals surface area contributed by atoms with E-state index in [2.05, 4.69) is 19.2 Å². The van der Waals surface area contributed by atoms with Gasteiger partial charge in [0.2, 0.25) is 5.91 Å². The molecule has 0 saturated heterocycles. The predicted molar refractivity (Wildman–Crippen MR) is 107 cm³/mol. The van der Waals surface area contributed by atoms with Crippen LogP contribution in [0.1, 0.15) is 32.3 Å². The summed E-state index contributed by atoms with van der Waals surface area (Å²) >= 11 is 0. The Morgan fingerprint density at radius 1 is 1.11 bits per heavy atom. The topological polar surface area (TPSA) is 99.2 Å². The Bertz CT molecular complexity index is 891. The van der Waals surface area contributed by atoms with Gasteiger partial charge < -0.3 is 11.1 Å². The zero-order chi connectivity index (χ0) is 20.0. The van der Waals surface area contributed by atoms with Crippen LogP contribution in [0.4, 0.5) is 17.1 Å². The summed E-state index contributed by atoms with van der Waals surface area (Å²) in [6.07, 6.45) is 1.23. The van der Waals surface area contributed by atoms with Crippen LogP contribution >= 0.6 is 0 Å². The van der Waals surface area contributed by atoms with Crippen molar-refractivity contribution in [3.8, 4) is 6.07 Å². The molecule has 0 aliphatic heterocycles. The number of nitrogen functional groups attached to an aromatic ring is 1. The number of nitrogens with two attached hydrogens (primary N) is 1. The highest BCUT2D eigenvalue weighted by atomic mass is 16.2. The Balaban J connectivity index is 2.24. The maximum Gasteiger partial charge on any atom is 0.267 e. The summed E-state index contributed by atoms with van der Waals surface area (Å²) < 4.78 is 0. The maximum atomic E-state index is 12.4. The van der Waals surface area contributed by atoms with E-state index in [0.717, 1.165) is 5.56 Å². The molecule has 6 heteroatoms. The van der Waals surface area contributed by atoms with E-state index in [-0.39, 0.29) is 11.5 Å². The molecule has 0 heterocycles. The van der Waals surface area contributed by atoms with Gasteiger partial charge in [0.15, 0.2) is 0 Å². The third-order valence-electron chi connectivity index (χ3n) is 3.97. The first kappa shape index (κ1) is 19.7. The van der Waals surface area contributed by atoms with E-state index in [9.17, 15) is 14.9 Å². The summed E-state index contributed by atoms with van der Waals surface area (Å²) in [6, 6.07) is 15.8. The van der Waals surface area contributed by atoms with E-state index >= 15 is 0 Å². The monoisotopic (exact) mass is 362 g/mol. The molecule has 27 heavy (non-hydrogen) atoms. The summed E-state index contributed by atoms with van der Waals surface area (Å²) in [7, 11) is 0. The normalized spacial score (nSPS) is 11.0. The van der Waals surface area contributed by atoms with E-state index in [1.165, 1.54) is 18.0 Å². The number of nitrogens with one attached hydrogen (secondary N) is 1. The zero-order valence-electron chi connectivity index (χ0n) is 15.6. The van der Waals surface area contributed by atoms with E-state index in [1.54, 1.807) is 36.4 Å². The highest BCUT2D eigenvalue weighted by Gasteiger charge is 2.15. The van der Waals surface area contributed by atoms with Gasteiger partial charge in [-0.15, -0.1) is 0 Å². The average Bonchev–Trinajstić information content (AvgIpc) is 2.63. The lowest BCUT2D eigenvalue weighted by Crippen LogP contribution is -2.25. The number of carbonyl (C=O) groups is 2. The minimum absolute atomic E-state index is 0.185. The van der Waals surface area contributed by atoms with Crippen molar-refractivity contribution < 1.29 is 9.59 Å². The fourth-order valence-corrected chi connectivity index (χ4v) is 2.40. The molecule has 2 aromatic rings. The maximum absolute atomic E-state index is 12.4. The number of benzene rings is 2. The largest absolute Gasteiger partial charge is 0.399 e. The molecule has 3 N–H and O–H groups in total. The standard InChI is InChI=1S/C21H22N4O2/c1-14(2)16-4-8-19(9-5-16)24-21(27)17(12-22)13-25(15(3)26)20-10-6-18(23)7-11-20/h4-11,13-14H,23H2,1-3H3,(H,24,27)/b17-13-. The molecule has 0 radical (unpaired) electrons. The Hall–Kier alpha value is -3.59. The van der Waals surface area contributed by atoms with Crippen LogP contribution in [0.15, 0.2) is 60.3 Å². The van der Waals surface area contributed by atoms with Gasteiger partial charge in [-0.2, -0.15) is 5.26 Å². The molecule has 2 aromatic carbocycles. The van der Waals surface area contributed by atoms with Gasteiger partial charge in [-0.3, -0.25) is 14.5 Å². The first-order chi connectivity index (χ1) is 12.8. The SMILES string of the molecule is CC(=O)N(/C=C(/C#N)C(=O)Nc1ccc(C(C)C)cc1)c1ccc(N)cc1. The first-order valence-corrected chi connectivity index (χ1v) is 8.50. The molecule has 0 aromatic heterocycles. The minimum Gasteiger partial charge on any atom is -0.399 e. The molecule has 0 spiro atoms. The molecule has 0 aliphatic rings. The average molecular weight is 362 g/mol. The number of amides is 2. The van der Waals surface area contributed by atoms with E-state index in [1.807, 2.05) is 18.2 Å². The predicted octanol–water partition coefficient (Wildman–Crippen LogP) is 3.79.